The third-order valence-corrected chi connectivity index (χ3v) is 7.19. The molecule has 3 nitrogen and oxygen atoms in total. The molecule has 0 saturated heterocycles. The van der Waals surface area contributed by atoms with Crippen LogP contribution in [0, 0.1) is 5.41 Å². The number of rotatable bonds is 7. The minimum atomic E-state index is -3.40. The molecule has 1 heterocycles. The number of alkyl halides is 1. The largest absolute Gasteiger partial charge is 0.251 e. The third kappa shape index (κ3) is 4.92. The topological polar surface area (TPSA) is 46.2 Å². The van der Waals surface area contributed by atoms with Gasteiger partial charge in [0.1, 0.15) is 4.21 Å². The van der Waals surface area contributed by atoms with Gasteiger partial charge in [-0.3, -0.25) is 0 Å². The van der Waals surface area contributed by atoms with E-state index >= 15 is 0 Å². The summed E-state index contributed by atoms with van der Waals surface area (Å²) in [6, 6.07) is 1.75. The van der Waals surface area contributed by atoms with E-state index in [1.807, 2.05) is 0 Å². The molecule has 0 amide bonds. The van der Waals surface area contributed by atoms with Crippen LogP contribution in [0.15, 0.2) is 20.1 Å². The number of thiophene rings is 1. The van der Waals surface area contributed by atoms with Crippen molar-refractivity contribution in [2.75, 3.05) is 11.9 Å². The summed E-state index contributed by atoms with van der Waals surface area (Å²) in [7, 11) is -3.40. The second-order valence-electron chi connectivity index (χ2n) is 4.84. The monoisotopic (exact) mass is 417 g/mol. The number of hydrogen-bond donors (Lipinski definition) is 1. The Balaban J connectivity index is 2.66. The summed E-state index contributed by atoms with van der Waals surface area (Å²) in [5, 5.41) is 2.70. The second-order valence-corrected chi connectivity index (χ2v) is 9.36. The zero-order valence-electron chi connectivity index (χ0n) is 10.4. The van der Waals surface area contributed by atoms with E-state index in [0.29, 0.717) is 15.2 Å². The maximum atomic E-state index is 12.1. The molecule has 0 bridgehead atoms. The second kappa shape index (κ2) is 6.83. The van der Waals surface area contributed by atoms with Gasteiger partial charge in [-0.05, 0) is 45.6 Å². The van der Waals surface area contributed by atoms with Gasteiger partial charge in [0.2, 0.25) is 0 Å². The van der Waals surface area contributed by atoms with Gasteiger partial charge in [0.25, 0.3) is 10.0 Å². The number of sulfonamides is 1. The number of nitrogens with one attached hydrogen (secondary N) is 1. The molecule has 104 valence electrons. The Morgan fingerprint density at radius 1 is 1.44 bits per heavy atom. The molecule has 0 aliphatic rings. The van der Waals surface area contributed by atoms with Crippen LogP contribution in [0.3, 0.4) is 0 Å². The Kier molecular flexibility index (Phi) is 6.31. The Morgan fingerprint density at radius 3 is 2.61 bits per heavy atom. The first-order valence-electron chi connectivity index (χ1n) is 5.57. The third-order valence-electron chi connectivity index (χ3n) is 2.56. The van der Waals surface area contributed by atoms with Crippen molar-refractivity contribution in [3.8, 4) is 0 Å². The molecule has 0 saturated carbocycles. The van der Waals surface area contributed by atoms with Gasteiger partial charge < -0.3 is 0 Å². The quantitative estimate of drug-likeness (QED) is 0.680. The lowest BCUT2D eigenvalue weighted by Gasteiger charge is -2.24. The molecule has 0 aromatic carbocycles. The van der Waals surface area contributed by atoms with Crippen LogP contribution in [0.5, 0.6) is 0 Å². The van der Waals surface area contributed by atoms with Crippen LogP contribution < -0.4 is 4.72 Å². The summed E-state index contributed by atoms with van der Waals surface area (Å²) in [5.74, 6) is 0. The van der Waals surface area contributed by atoms with Crippen LogP contribution in [0.1, 0.15) is 26.7 Å². The lowest BCUT2D eigenvalue weighted by Crippen LogP contribution is -2.33. The Bertz CT molecular complexity index is 483. The maximum absolute atomic E-state index is 12.1. The summed E-state index contributed by atoms with van der Waals surface area (Å²) >= 11 is 7.86. The van der Waals surface area contributed by atoms with Crippen LogP contribution in [-0.2, 0) is 10.0 Å². The van der Waals surface area contributed by atoms with Gasteiger partial charge in [0.05, 0.1) is 0 Å². The predicted octanol–water partition coefficient (Wildman–Crippen LogP) is 3.99. The average molecular weight is 419 g/mol. The Labute approximate surface area is 130 Å². The molecule has 7 heteroatoms. The smallest absolute Gasteiger partial charge is 0.210 e. The van der Waals surface area contributed by atoms with Gasteiger partial charge in [-0.2, -0.15) is 0 Å². The molecule has 0 radical (unpaired) electrons. The van der Waals surface area contributed by atoms with Crippen LogP contribution in [-0.4, -0.2) is 20.3 Å². The fourth-order valence-electron chi connectivity index (χ4n) is 1.46. The summed E-state index contributed by atoms with van der Waals surface area (Å²) in [6.07, 6.45) is 2.02. The van der Waals surface area contributed by atoms with Crippen LogP contribution in [0.25, 0.3) is 0 Å². The Morgan fingerprint density at radius 2 is 2.11 bits per heavy atom. The molecule has 1 aromatic rings. The van der Waals surface area contributed by atoms with E-state index in [2.05, 4.69) is 50.4 Å². The van der Waals surface area contributed by atoms with Crippen molar-refractivity contribution in [1.29, 1.82) is 0 Å². The van der Waals surface area contributed by atoms with Crippen molar-refractivity contribution < 1.29 is 8.42 Å². The van der Waals surface area contributed by atoms with Crippen molar-refractivity contribution in [2.24, 2.45) is 5.41 Å². The van der Waals surface area contributed by atoms with Crippen molar-refractivity contribution in [2.45, 2.75) is 30.9 Å². The van der Waals surface area contributed by atoms with Gasteiger partial charge in [-0.25, -0.2) is 13.1 Å². The molecule has 0 unspecified atom stereocenters. The van der Waals surface area contributed by atoms with Crippen LogP contribution in [0.4, 0.5) is 0 Å². The normalized spacial score (nSPS) is 12.9. The van der Waals surface area contributed by atoms with Crippen molar-refractivity contribution in [3.05, 3.63) is 15.9 Å². The summed E-state index contributed by atoms with van der Waals surface area (Å²) in [4.78, 5) is 0. The zero-order chi connectivity index (χ0) is 13.8. The lowest BCUT2D eigenvalue weighted by atomic mass is 9.88. The van der Waals surface area contributed by atoms with Gasteiger partial charge in [-0.15, -0.1) is 11.3 Å². The molecule has 0 aliphatic carbocycles. The molecular weight excluding hydrogens is 402 g/mol. The standard InChI is InChI=1S/C11H17Br2NO2S2/c1-11(2,5-3-6-12)8-14-18(15,16)10-9(13)4-7-17-10/h4,7,14H,3,5-6,8H2,1-2H3. The van der Waals surface area contributed by atoms with Gasteiger partial charge in [0, 0.05) is 16.3 Å². The van der Waals surface area contributed by atoms with Crippen LogP contribution in [0.2, 0.25) is 0 Å². The van der Waals surface area contributed by atoms with E-state index < -0.39 is 10.0 Å². The molecule has 1 N–H and O–H groups in total. The van der Waals surface area contributed by atoms with Crippen molar-refractivity contribution >= 4 is 53.2 Å². The van der Waals surface area contributed by atoms with E-state index in [0.717, 1.165) is 18.2 Å². The Hall–Kier alpha value is 0.570. The van der Waals surface area contributed by atoms with Gasteiger partial charge >= 0.3 is 0 Å². The SMILES string of the molecule is CC(C)(CCCBr)CNS(=O)(=O)c1sccc1Br. The van der Waals surface area contributed by atoms with E-state index in [-0.39, 0.29) is 5.41 Å². The van der Waals surface area contributed by atoms with Gasteiger partial charge in [0.15, 0.2) is 0 Å². The first-order chi connectivity index (χ1) is 8.28. The molecule has 1 aromatic heterocycles. The number of halogens is 2. The fraction of sp³-hybridized carbons (Fsp3) is 0.636. The molecule has 0 fully saturated rings. The van der Waals surface area contributed by atoms with Crippen molar-refractivity contribution in [3.63, 3.8) is 0 Å². The zero-order valence-corrected chi connectivity index (χ0v) is 15.2. The van der Waals surface area contributed by atoms with E-state index in [1.165, 1.54) is 11.3 Å². The van der Waals surface area contributed by atoms with Crippen molar-refractivity contribution in [1.82, 2.24) is 4.72 Å². The number of hydrogen-bond acceptors (Lipinski definition) is 3. The lowest BCUT2D eigenvalue weighted by molar-refractivity contribution is 0.332. The molecule has 0 atom stereocenters. The van der Waals surface area contributed by atoms with E-state index in [9.17, 15) is 8.42 Å². The molecule has 18 heavy (non-hydrogen) atoms. The minimum Gasteiger partial charge on any atom is -0.210 e. The van der Waals surface area contributed by atoms with E-state index in [1.54, 1.807) is 11.4 Å². The minimum absolute atomic E-state index is 0.0371. The summed E-state index contributed by atoms with van der Waals surface area (Å²) in [6.45, 7) is 4.59. The predicted molar refractivity (Wildman–Crippen MR) is 84.0 cm³/mol. The molecule has 0 spiro atoms. The molecule has 0 aliphatic heterocycles. The highest BCUT2D eigenvalue weighted by molar-refractivity contribution is 9.10. The van der Waals surface area contributed by atoms with E-state index in [4.69, 9.17) is 0 Å². The highest BCUT2D eigenvalue weighted by atomic mass is 79.9. The fourth-order valence-corrected chi connectivity index (χ4v) is 5.36. The maximum Gasteiger partial charge on any atom is 0.251 e. The summed E-state index contributed by atoms with van der Waals surface area (Å²) < 4.78 is 27.8. The summed E-state index contributed by atoms with van der Waals surface area (Å²) in [5.41, 5.74) is -0.0371. The first-order valence-corrected chi connectivity index (χ1v) is 9.85. The highest BCUT2D eigenvalue weighted by Gasteiger charge is 2.24. The molecule has 1 rings (SSSR count). The molecular formula is C11H17Br2NO2S2. The van der Waals surface area contributed by atoms with Gasteiger partial charge in [-0.1, -0.05) is 29.8 Å². The first kappa shape index (κ1) is 16.6. The average Bonchev–Trinajstić information content (AvgIpc) is 2.71. The van der Waals surface area contributed by atoms with Crippen LogP contribution >= 0.6 is 43.2 Å². The highest BCUT2D eigenvalue weighted by Crippen LogP contribution is 2.28.